The van der Waals surface area contributed by atoms with Crippen molar-refractivity contribution in [3.63, 3.8) is 0 Å². The van der Waals surface area contributed by atoms with Gasteiger partial charge in [0.05, 0.1) is 10.8 Å². The molecule has 0 saturated carbocycles. The van der Waals surface area contributed by atoms with E-state index >= 15 is 0 Å². The fourth-order valence-corrected chi connectivity index (χ4v) is 5.96. The van der Waals surface area contributed by atoms with Crippen LogP contribution in [0.2, 0.25) is 0 Å². The van der Waals surface area contributed by atoms with Gasteiger partial charge in [-0.15, -0.1) is 0 Å². The van der Waals surface area contributed by atoms with Crippen LogP contribution < -0.4 is 9.47 Å². The lowest BCUT2D eigenvalue weighted by molar-refractivity contribution is -0.164. The lowest BCUT2D eigenvalue weighted by Crippen LogP contribution is -2.45. The lowest BCUT2D eigenvalue weighted by Gasteiger charge is -2.33. The van der Waals surface area contributed by atoms with Crippen molar-refractivity contribution in [2.75, 3.05) is 39.4 Å². The molecule has 0 bridgehead atoms. The van der Waals surface area contributed by atoms with Gasteiger partial charge in [-0.25, -0.2) is 8.42 Å². The van der Waals surface area contributed by atoms with Gasteiger partial charge < -0.3 is 19.1 Å². The van der Waals surface area contributed by atoms with Crippen LogP contribution in [0.5, 0.6) is 11.5 Å². The number of rotatable bonds is 5. The third-order valence-electron chi connectivity index (χ3n) is 6.67. The number of hydrogen-bond acceptors (Lipinski definition) is 7. The maximum atomic E-state index is 13.1. The molecule has 0 aliphatic carbocycles. The summed E-state index contributed by atoms with van der Waals surface area (Å²) in [5.41, 5.74) is 0. The fraction of sp³-hybridized carbons (Fsp3) is 0.652. The molecule has 33 heavy (non-hydrogen) atoms. The van der Waals surface area contributed by atoms with E-state index < -0.39 is 28.0 Å². The normalized spacial score (nSPS) is 21.5. The number of carbonyl (C=O) groups excluding carboxylic acids is 2. The number of likely N-dealkylation sites (tertiary alicyclic amines) is 1. The van der Waals surface area contributed by atoms with Crippen molar-refractivity contribution in [3.05, 3.63) is 18.2 Å². The molecule has 182 valence electrons. The van der Waals surface area contributed by atoms with E-state index in [4.69, 9.17) is 14.2 Å². The Hall–Kier alpha value is -2.33. The molecule has 2 saturated heterocycles. The molecule has 1 atom stereocenters. The van der Waals surface area contributed by atoms with Crippen LogP contribution in [0.25, 0.3) is 0 Å². The summed E-state index contributed by atoms with van der Waals surface area (Å²) in [4.78, 5) is 27.2. The number of amides is 1. The lowest BCUT2D eigenvalue weighted by atomic mass is 9.98. The number of esters is 1. The quantitative estimate of drug-likeness (QED) is 0.594. The molecule has 9 nitrogen and oxygen atoms in total. The van der Waals surface area contributed by atoms with Crippen LogP contribution in [-0.2, 0) is 24.3 Å². The Morgan fingerprint density at radius 2 is 1.64 bits per heavy atom. The van der Waals surface area contributed by atoms with Crippen molar-refractivity contribution in [1.82, 2.24) is 9.21 Å². The summed E-state index contributed by atoms with van der Waals surface area (Å²) in [5, 5.41) is 0. The summed E-state index contributed by atoms with van der Waals surface area (Å²) in [7, 11) is -3.72. The molecule has 1 aromatic rings. The van der Waals surface area contributed by atoms with Crippen LogP contribution in [0.4, 0.5) is 0 Å². The molecule has 3 heterocycles. The highest BCUT2D eigenvalue weighted by atomic mass is 32.2. The number of nitrogens with zero attached hydrogens (tertiary/aromatic N) is 2. The second kappa shape index (κ2) is 9.89. The highest BCUT2D eigenvalue weighted by Gasteiger charge is 2.35. The molecule has 2 fully saturated rings. The average Bonchev–Trinajstić information content (AvgIpc) is 2.83. The SMILES string of the molecule is CC1CCN(C(=O)[C@H](C)OC(=O)C2CCN(S(=O)(=O)c3ccc4c(c3)OCCO4)CC2)CC1. The average molecular weight is 481 g/mol. The Kier molecular flexibility index (Phi) is 7.13. The number of hydrogen-bond donors (Lipinski definition) is 0. The van der Waals surface area contributed by atoms with Crippen LogP contribution in [0.1, 0.15) is 39.5 Å². The van der Waals surface area contributed by atoms with E-state index in [2.05, 4.69) is 6.92 Å². The highest BCUT2D eigenvalue weighted by Crippen LogP contribution is 2.34. The van der Waals surface area contributed by atoms with Gasteiger partial charge in [0.25, 0.3) is 5.91 Å². The Labute approximate surface area is 195 Å². The van der Waals surface area contributed by atoms with E-state index in [1.54, 1.807) is 17.9 Å². The summed E-state index contributed by atoms with van der Waals surface area (Å²) < 4.78 is 44.0. The standard InChI is InChI=1S/C23H32N2O7S/c1-16-5-9-24(10-6-16)22(26)17(2)32-23(27)18-7-11-25(12-8-18)33(28,29)19-3-4-20-21(15-19)31-14-13-30-20/h3-4,15-18H,5-14H2,1-2H3/t17-/m0/s1. The van der Waals surface area contributed by atoms with Gasteiger partial charge in [-0.3, -0.25) is 9.59 Å². The Balaban J connectivity index is 1.30. The number of ether oxygens (including phenoxy) is 3. The first-order valence-electron chi connectivity index (χ1n) is 11.6. The number of sulfonamides is 1. The molecule has 1 aromatic carbocycles. The zero-order valence-corrected chi connectivity index (χ0v) is 20.0. The molecule has 0 aromatic heterocycles. The van der Waals surface area contributed by atoms with Gasteiger partial charge in [-0.05, 0) is 50.7 Å². The van der Waals surface area contributed by atoms with Crippen LogP contribution in [-0.4, -0.2) is 75.0 Å². The monoisotopic (exact) mass is 480 g/mol. The van der Waals surface area contributed by atoms with Gasteiger partial charge in [0, 0.05) is 32.2 Å². The van der Waals surface area contributed by atoms with E-state index in [1.165, 1.54) is 16.4 Å². The maximum Gasteiger partial charge on any atom is 0.309 e. The van der Waals surface area contributed by atoms with Gasteiger partial charge in [-0.2, -0.15) is 4.31 Å². The number of carbonyl (C=O) groups is 2. The van der Waals surface area contributed by atoms with Crippen LogP contribution in [0, 0.1) is 11.8 Å². The predicted octanol–water partition coefficient (Wildman–Crippen LogP) is 2.05. The minimum Gasteiger partial charge on any atom is -0.486 e. The van der Waals surface area contributed by atoms with Gasteiger partial charge in [0.2, 0.25) is 10.0 Å². The van der Waals surface area contributed by atoms with E-state index in [-0.39, 0.29) is 23.9 Å². The number of fused-ring (bicyclic) bond motifs is 1. The number of benzene rings is 1. The van der Waals surface area contributed by atoms with Gasteiger partial charge in [0.15, 0.2) is 17.6 Å². The molecule has 0 radical (unpaired) electrons. The predicted molar refractivity (Wildman–Crippen MR) is 119 cm³/mol. The fourth-order valence-electron chi connectivity index (χ4n) is 4.47. The molecule has 0 spiro atoms. The van der Waals surface area contributed by atoms with Crippen molar-refractivity contribution < 1.29 is 32.2 Å². The van der Waals surface area contributed by atoms with Crippen LogP contribution in [0.3, 0.4) is 0 Å². The summed E-state index contributed by atoms with van der Waals surface area (Å²) in [6, 6.07) is 4.60. The summed E-state index contributed by atoms with van der Waals surface area (Å²) in [6.45, 7) is 6.40. The molecule has 10 heteroatoms. The second-order valence-electron chi connectivity index (χ2n) is 9.07. The molecular weight excluding hydrogens is 448 g/mol. The largest absolute Gasteiger partial charge is 0.486 e. The molecule has 0 unspecified atom stereocenters. The summed E-state index contributed by atoms with van der Waals surface area (Å²) in [5.74, 6) is 0.544. The minimum atomic E-state index is -3.72. The second-order valence-corrected chi connectivity index (χ2v) is 11.0. The molecular formula is C23H32N2O7S. The van der Waals surface area contributed by atoms with Crippen molar-refractivity contribution >= 4 is 21.9 Å². The van der Waals surface area contributed by atoms with Gasteiger partial charge >= 0.3 is 5.97 Å². The van der Waals surface area contributed by atoms with E-state index in [1.807, 2.05) is 0 Å². The zero-order valence-electron chi connectivity index (χ0n) is 19.2. The summed E-state index contributed by atoms with van der Waals surface area (Å²) in [6.07, 6.45) is 1.80. The molecule has 3 aliphatic rings. The van der Waals surface area contributed by atoms with Gasteiger partial charge in [-0.1, -0.05) is 6.92 Å². The van der Waals surface area contributed by atoms with E-state index in [0.717, 1.165) is 12.8 Å². The first-order chi connectivity index (χ1) is 15.8. The first kappa shape index (κ1) is 23.8. The van der Waals surface area contributed by atoms with Crippen LogP contribution >= 0.6 is 0 Å². The molecule has 4 rings (SSSR count). The van der Waals surface area contributed by atoms with E-state index in [0.29, 0.717) is 56.6 Å². The van der Waals surface area contributed by atoms with Crippen LogP contribution in [0.15, 0.2) is 23.1 Å². The molecule has 3 aliphatic heterocycles. The van der Waals surface area contributed by atoms with Crippen molar-refractivity contribution in [2.24, 2.45) is 11.8 Å². The Bertz CT molecular complexity index is 981. The van der Waals surface area contributed by atoms with Gasteiger partial charge in [0.1, 0.15) is 13.2 Å². The smallest absolute Gasteiger partial charge is 0.309 e. The summed E-state index contributed by atoms with van der Waals surface area (Å²) >= 11 is 0. The third-order valence-corrected chi connectivity index (χ3v) is 8.57. The third kappa shape index (κ3) is 5.27. The van der Waals surface area contributed by atoms with Crippen molar-refractivity contribution in [3.8, 4) is 11.5 Å². The minimum absolute atomic E-state index is 0.142. The number of piperidine rings is 2. The van der Waals surface area contributed by atoms with E-state index in [9.17, 15) is 18.0 Å². The Morgan fingerprint density at radius 1 is 1.00 bits per heavy atom. The van der Waals surface area contributed by atoms with Crippen molar-refractivity contribution in [2.45, 2.75) is 50.5 Å². The highest BCUT2D eigenvalue weighted by molar-refractivity contribution is 7.89. The molecule has 0 N–H and O–H groups in total. The first-order valence-corrected chi connectivity index (χ1v) is 13.1. The maximum absolute atomic E-state index is 13.1. The molecule has 1 amide bonds. The topological polar surface area (TPSA) is 102 Å². The Morgan fingerprint density at radius 3 is 2.30 bits per heavy atom. The van der Waals surface area contributed by atoms with Crippen molar-refractivity contribution in [1.29, 1.82) is 0 Å². The zero-order chi connectivity index (χ0) is 23.6.